The topological polar surface area (TPSA) is 47.6 Å². The molecule has 0 radical (unpaired) electrons. The van der Waals surface area contributed by atoms with E-state index in [1.807, 2.05) is 19.1 Å². The predicted octanol–water partition coefficient (Wildman–Crippen LogP) is 4.59. The maximum absolute atomic E-state index is 13.0. The molecule has 30 heavy (non-hydrogen) atoms. The first-order chi connectivity index (χ1) is 14.7. The number of hydrogen-bond acceptors (Lipinski definition) is 3. The third-order valence-corrected chi connectivity index (χ3v) is 6.70. The number of carbonyl (C=O) groups excluding carboxylic acids is 1. The maximum Gasteiger partial charge on any atom is 0.261 e. The van der Waals surface area contributed by atoms with Crippen LogP contribution in [0, 0.1) is 0 Å². The third-order valence-electron chi connectivity index (χ3n) is 6.70. The highest BCUT2D eigenvalue weighted by atomic mass is 16.5. The molecule has 0 spiro atoms. The molecule has 2 aromatic rings. The average molecular weight is 408 g/mol. The smallest absolute Gasteiger partial charge is 0.261 e. The second-order valence-electron chi connectivity index (χ2n) is 8.63. The Kier molecular flexibility index (Phi) is 6.73. The monoisotopic (exact) mass is 407 g/mol. The molecular formula is C26H33NO3. The molecule has 0 unspecified atom stereocenters. The molecule has 1 fully saturated rings. The molecule has 1 heterocycles. The van der Waals surface area contributed by atoms with Crippen molar-refractivity contribution in [2.24, 2.45) is 0 Å². The Balaban J connectivity index is 1.42. The van der Waals surface area contributed by atoms with E-state index in [0.29, 0.717) is 13.0 Å². The minimum Gasteiger partial charge on any atom is -0.481 e. The van der Waals surface area contributed by atoms with E-state index in [2.05, 4.69) is 41.7 Å². The van der Waals surface area contributed by atoms with Crippen molar-refractivity contribution >= 4 is 5.91 Å². The number of hydrogen-bond donors (Lipinski definition) is 1. The Morgan fingerprint density at radius 1 is 1.07 bits per heavy atom. The summed E-state index contributed by atoms with van der Waals surface area (Å²) in [5.74, 6) is 0.776. The van der Waals surface area contributed by atoms with E-state index in [9.17, 15) is 4.79 Å². The summed E-state index contributed by atoms with van der Waals surface area (Å²) >= 11 is 0. The Morgan fingerprint density at radius 3 is 2.53 bits per heavy atom. The van der Waals surface area contributed by atoms with Gasteiger partial charge < -0.3 is 14.8 Å². The van der Waals surface area contributed by atoms with Crippen molar-refractivity contribution in [2.45, 2.75) is 63.4 Å². The number of carbonyl (C=O) groups is 1. The number of benzene rings is 2. The minimum atomic E-state index is -0.473. The van der Waals surface area contributed by atoms with Gasteiger partial charge in [-0.25, -0.2) is 0 Å². The van der Waals surface area contributed by atoms with Crippen molar-refractivity contribution < 1.29 is 14.3 Å². The summed E-state index contributed by atoms with van der Waals surface area (Å²) in [6.07, 6.45) is 6.76. The van der Waals surface area contributed by atoms with Crippen molar-refractivity contribution in [2.75, 3.05) is 19.8 Å². The van der Waals surface area contributed by atoms with Crippen molar-refractivity contribution in [3.8, 4) is 5.75 Å². The van der Waals surface area contributed by atoms with E-state index in [4.69, 9.17) is 9.47 Å². The second kappa shape index (κ2) is 9.65. The SMILES string of the molecule is CC[C@H](Oc1ccc2c(c1)CCCC2)C(=O)NCC1(c2ccccc2)CCOCC1. The van der Waals surface area contributed by atoms with Crippen LogP contribution in [0.15, 0.2) is 48.5 Å². The summed E-state index contributed by atoms with van der Waals surface area (Å²) in [7, 11) is 0. The summed E-state index contributed by atoms with van der Waals surface area (Å²) < 4.78 is 11.7. The fourth-order valence-electron chi connectivity index (χ4n) is 4.76. The first-order valence-electron chi connectivity index (χ1n) is 11.4. The van der Waals surface area contributed by atoms with Crippen molar-refractivity contribution in [1.29, 1.82) is 0 Å². The van der Waals surface area contributed by atoms with Gasteiger partial charge in [0.2, 0.25) is 0 Å². The highest BCUT2D eigenvalue weighted by Crippen LogP contribution is 2.34. The molecule has 4 heteroatoms. The van der Waals surface area contributed by atoms with Crippen LogP contribution in [0.1, 0.15) is 55.7 Å². The molecule has 1 N–H and O–H groups in total. The van der Waals surface area contributed by atoms with E-state index in [-0.39, 0.29) is 11.3 Å². The average Bonchev–Trinajstić information content (AvgIpc) is 2.82. The Morgan fingerprint density at radius 2 is 1.80 bits per heavy atom. The van der Waals surface area contributed by atoms with Gasteiger partial charge in [-0.3, -0.25) is 4.79 Å². The zero-order chi connectivity index (χ0) is 20.8. The Bertz CT molecular complexity index is 843. The van der Waals surface area contributed by atoms with Crippen molar-refractivity contribution in [1.82, 2.24) is 5.32 Å². The minimum absolute atomic E-state index is 0.0305. The van der Waals surface area contributed by atoms with E-state index in [0.717, 1.165) is 44.6 Å². The second-order valence-corrected chi connectivity index (χ2v) is 8.63. The van der Waals surface area contributed by atoms with Crippen LogP contribution >= 0.6 is 0 Å². The molecule has 4 nitrogen and oxygen atoms in total. The van der Waals surface area contributed by atoms with E-state index < -0.39 is 6.10 Å². The van der Waals surface area contributed by atoms with Crippen LogP contribution in [0.5, 0.6) is 5.75 Å². The van der Waals surface area contributed by atoms with E-state index in [1.54, 1.807) is 0 Å². The quantitative estimate of drug-likeness (QED) is 0.730. The molecule has 2 aliphatic rings. The summed E-state index contributed by atoms with van der Waals surface area (Å²) in [4.78, 5) is 13.0. The molecule has 4 rings (SSSR count). The van der Waals surface area contributed by atoms with Gasteiger partial charge in [-0.05, 0) is 73.8 Å². The van der Waals surface area contributed by atoms with E-state index >= 15 is 0 Å². The van der Waals surface area contributed by atoms with Crippen molar-refractivity contribution in [3.05, 3.63) is 65.2 Å². The molecule has 0 bridgehead atoms. The van der Waals surface area contributed by atoms with Gasteiger partial charge in [0.05, 0.1) is 0 Å². The van der Waals surface area contributed by atoms with Gasteiger partial charge >= 0.3 is 0 Å². The molecule has 1 aliphatic carbocycles. The lowest BCUT2D eigenvalue weighted by atomic mass is 9.74. The summed E-state index contributed by atoms with van der Waals surface area (Å²) in [5, 5.41) is 3.21. The molecule has 1 saturated heterocycles. The molecular weight excluding hydrogens is 374 g/mol. The van der Waals surface area contributed by atoms with Crippen LogP contribution in [0.2, 0.25) is 0 Å². The molecule has 1 amide bonds. The first kappa shape index (κ1) is 20.9. The Hall–Kier alpha value is -2.33. The fraction of sp³-hybridized carbons (Fsp3) is 0.500. The van der Waals surface area contributed by atoms with Gasteiger partial charge in [0.1, 0.15) is 5.75 Å². The first-order valence-corrected chi connectivity index (χ1v) is 11.4. The van der Waals surface area contributed by atoms with Crippen molar-refractivity contribution in [3.63, 3.8) is 0 Å². The molecule has 0 aromatic heterocycles. The fourth-order valence-corrected chi connectivity index (χ4v) is 4.76. The number of aryl methyl sites for hydroxylation is 2. The van der Waals surface area contributed by atoms with Crippen LogP contribution < -0.4 is 10.1 Å². The molecule has 2 aromatic carbocycles. The summed E-state index contributed by atoms with van der Waals surface area (Å²) in [6.45, 7) is 4.08. The van der Waals surface area contributed by atoms with Crippen LogP contribution in [0.3, 0.4) is 0 Å². The largest absolute Gasteiger partial charge is 0.481 e. The van der Waals surface area contributed by atoms with Crippen LogP contribution in [-0.4, -0.2) is 31.8 Å². The molecule has 1 aliphatic heterocycles. The van der Waals surface area contributed by atoms with Gasteiger partial charge in [-0.2, -0.15) is 0 Å². The van der Waals surface area contributed by atoms with Gasteiger partial charge in [-0.1, -0.05) is 43.3 Å². The normalized spacial score (nSPS) is 18.8. The van der Waals surface area contributed by atoms with E-state index in [1.165, 1.54) is 29.5 Å². The lowest BCUT2D eigenvalue weighted by molar-refractivity contribution is -0.128. The molecule has 1 atom stereocenters. The maximum atomic E-state index is 13.0. The number of fused-ring (bicyclic) bond motifs is 1. The van der Waals surface area contributed by atoms with Crippen LogP contribution in [0.25, 0.3) is 0 Å². The number of amides is 1. The Labute approximate surface area is 180 Å². The molecule has 0 saturated carbocycles. The number of ether oxygens (including phenoxy) is 2. The summed E-state index contributed by atoms with van der Waals surface area (Å²) in [6, 6.07) is 16.8. The highest BCUT2D eigenvalue weighted by Gasteiger charge is 2.35. The molecule has 160 valence electrons. The number of nitrogens with one attached hydrogen (secondary N) is 1. The zero-order valence-electron chi connectivity index (χ0n) is 18.0. The summed E-state index contributed by atoms with van der Waals surface area (Å²) in [5.41, 5.74) is 4.01. The van der Waals surface area contributed by atoms with Gasteiger partial charge in [0.25, 0.3) is 5.91 Å². The number of rotatable bonds is 7. The van der Waals surface area contributed by atoms with Gasteiger partial charge in [-0.15, -0.1) is 0 Å². The standard InChI is InChI=1S/C26H33NO3/c1-2-24(30-23-13-12-20-8-6-7-9-21(20)18-23)25(28)27-19-26(14-16-29-17-15-26)22-10-4-3-5-11-22/h3-5,10-13,18,24H,2,6-9,14-17,19H2,1H3,(H,27,28)/t24-/m0/s1. The zero-order valence-corrected chi connectivity index (χ0v) is 18.0. The lowest BCUT2D eigenvalue weighted by Gasteiger charge is -2.38. The van der Waals surface area contributed by atoms with Crippen LogP contribution in [-0.2, 0) is 27.8 Å². The van der Waals surface area contributed by atoms with Crippen LogP contribution in [0.4, 0.5) is 0 Å². The third kappa shape index (κ3) is 4.70. The van der Waals surface area contributed by atoms with Gasteiger partial charge in [0.15, 0.2) is 6.10 Å². The predicted molar refractivity (Wildman–Crippen MR) is 119 cm³/mol. The van der Waals surface area contributed by atoms with Gasteiger partial charge in [0, 0.05) is 25.2 Å². The lowest BCUT2D eigenvalue weighted by Crippen LogP contribution is -2.48. The highest BCUT2D eigenvalue weighted by molar-refractivity contribution is 5.81.